The van der Waals surface area contributed by atoms with Crippen LogP contribution in [0.4, 0.5) is 0 Å². The van der Waals surface area contributed by atoms with E-state index in [-0.39, 0.29) is 11.7 Å². The Morgan fingerprint density at radius 3 is 2.38 bits per heavy atom. The zero-order chi connectivity index (χ0) is 12.3. The standard InChI is InChI=1S/C12H19ClN2O/c1-5-9(6-2)11(16)7-10-12(13)8(3)14-15(10)4/h9H,5-7H2,1-4H3. The summed E-state index contributed by atoms with van der Waals surface area (Å²) in [5, 5.41) is 4.83. The molecule has 0 unspecified atom stereocenters. The highest BCUT2D eigenvalue weighted by atomic mass is 35.5. The van der Waals surface area contributed by atoms with Crippen LogP contribution in [0.3, 0.4) is 0 Å². The SMILES string of the molecule is CCC(CC)C(=O)Cc1c(Cl)c(C)nn1C. The van der Waals surface area contributed by atoms with E-state index in [0.29, 0.717) is 11.4 Å². The average Bonchev–Trinajstić information content (AvgIpc) is 2.47. The number of halogens is 1. The van der Waals surface area contributed by atoms with E-state index in [1.807, 2.05) is 27.8 Å². The lowest BCUT2D eigenvalue weighted by Crippen LogP contribution is -2.17. The predicted octanol–water partition coefficient (Wildman–Crippen LogP) is 2.93. The molecule has 0 amide bonds. The number of hydrogen-bond donors (Lipinski definition) is 0. The van der Waals surface area contributed by atoms with Crippen LogP contribution in [0, 0.1) is 12.8 Å². The average molecular weight is 243 g/mol. The van der Waals surface area contributed by atoms with Crippen LogP contribution >= 0.6 is 11.6 Å². The minimum atomic E-state index is 0.145. The maximum atomic E-state index is 12.0. The molecule has 0 atom stereocenters. The summed E-state index contributed by atoms with van der Waals surface area (Å²) in [4.78, 5) is 12.0. The molecule has 0 fully saturated rings. The Morgan fingerprint density at radius 1 is 1.44 bits per heavy atom. The molecular formula is C12H19ClN2O. The lowest BCUT2D eigenvalue weighted by Gasteiger charge is -2.11. The van der Waals surface area contributed by atoms with Gasteiger partial charge in [0.25, 0.3) is 0 Å². The molecule has 90 valence electrons. The van der Waals surface area contributed by atoms with Crippen molar-refractivity contribution >= 4 is 17.4 Å². The van der Waals surface area contributed by atoms with Crippen molar-refractivity contribution in [1.82, 2.24) is 9.78 Å². The van der Waals surface area contributed by atoms with Gasteiger partial charge in [0, 0.05) is 13.0 Å². The molecular weight excluding hydrogens is 224 g/mol. The third-order valence-electron chi connectivity index (χ3n) is 3.04. The third kappa shape index (κ3) is 2.64. The second-order valence-electron chi connectivity index (χ2n) is 4.13. The van der Waals surface area contributed by atoms with Gasteiger partial charge in [0.05, 0.1) is 22.8 Å². The molecule has 0 aromatic carbocycles. The van der Waals surface area contributed by atoms with Gasteiger partial charge < -0.3 is 0 Å². The molecule has 0 aliphatic rings. The van der Waals surface area contributed by atoms with Gasteiger partial charge >= 0.3 is 0 Å². The van der Waals surface area contributed by atoms with Crippen LogP contribution in [-0.4, -0.2) is 15.6 Å². The van der Waals surface area contributed by atoms with Crippen molar-refractivity contribution < 1.29 is 4.79 Å². The molecule has 1 heterocycles. The summed E-state index contributed by atoms with van der Waals surface area (Å²) in [7, 11) is 1.83. The summed E-state index contributed by atoms with van der Waals surface area (Å²) >= 11 is 6.11. The number of hydrogen-bond acceptors (Lipinski definition) is 2. The van der Waals surface area contributed by atoms with Gasteiger partial charge in [-0.1, -0.05) is 25.4 Å². The highest BCUT2D eigenvalue weighted by Crippen LogP contribution is 2.22. The number of rotatable bonds is 5. The maximum absolute atomic E-state index is 12.0. The fraction of sp³-hybridized carbons (Fsp3) is 0.667. The normalized spacial score (nSPS) is 11.1. The number of aromatic nitrogens is 2. The van der Waals surface area contributed by atoms with Crippen LogP contribution < -0.4 is 0 Å². The first kappa shape index (κ1) is 13.2. The van der Waals surface area contributed by atoms with E-state index >= 15 is 0 Å². The van der Waals surface area contributed by atoms with Crippen molar-refractivity contribution in [1.29, 1.82) is 0 Å². The van der Waals surface area contributed by atoms with Crippen LogP contribution in [-0.2, 0) is 18.3 Å². The van der Waals surface area contributed by atoms with Gasteiger partial charge in [0.2, 0.25) is 0 Å². The summed E-state index contributed by atoms with van der Waals surface area (Å²) < 4.78 is 1.71. The fourth-order valence-electron chi connectivity index (χ4n) is 1.93. The highest BCUT2D eigenvalue weighted by Gasteiger charge is 2.19. The molecule has 0 N–H and O–H groups in total. The van der Waals surface area contributed by atoms with Crippen LogP contribution in [0.1, 0.15) is 38.1 Å². The lowest BCUT2D eigenvalue weighted by atomic mass is 9.95. The summed E-state index contributed by atoms with van der Waals surface area (Å²) in [5.74, 6) is 0.404. The van der Waals surface area contributed by atoms with E-state index < -0.39 is 0 Å². The number of nitrogens with zero attached hydrogens (tertiary/aromatic N) is 2. The summed E-state index contributed by atoms with van der Waals surface area (Å²) in [6.45, 7) is 5.94. The van der Waals surface area contributed by atoms with Gasteiger partial charge in [0.15, 0.2) is 0 Å². The van der Waals surface area contributed by atoms with Crippen LogP contribution in [0.5, 0.6) is 0 Å². The smallest absolute Gasteiger partial charge is 0.141 e. The lowest BCUT2D eigenvalue weighted by molar-refractivity contribution is -0.122. The van der Waals surface area contributed by atoms with Crippen molar-refractivity contribution in [3.63, 3.8) is 0 Å². The molecule has 0 aliphatic carbocycles. The molecule has 0 spiro atoms. The van der Waals surface area contributed by atoms with Crippen molar-refractivity contribution in [2.45, 2.75) is 40.0 Å². The van der Waals surface area contributed by atoms with Gasteiger partial charge in [0.1, 0.15) is 5.78 Å². The largest absolute Gasteiger partial charge is 0.299 e. The van der Waals surface area contributed by atoms with Crippen molar-refractivity contribution in [2.24, 2.45) is 13.0 Å². The highest BCUT2D eigenvalue weighted by molar-refractivity contribution is 6.32. The van der Waals surface area contributed by atoms with Gasteiger partial charge in [-0.05, 0) is 19.8 Å². The Labute approximate surface area is 102 Å². The number of carbonyl (C=O) groups is 1. The van der Waals surface area contributed by atoms with Crippen molar-refractivity contribution in [3.05, 3.63) is 16.4 Å². The molecule has 0 radical (unpaired) electrons. The van der Waals surface area contributed by atoms with E-state index in [0.717, 1.165) is 24.2 Å². The number of carbonyl (C=O) groups excluding carboxylic acids is 1. The zero-order valence-corrected chi connectivity index (χ0v) is 11.1. The molecule has 0 bridgehead atoms. The zero-order valence-electron chi connectivity index (χ0n) is 10.4. The topological polar surface area (TPSA) is 34.9 Å². The molecule has 0 saturated carbocycles. The Balaban J connectivity index is 2.84. The van der Waals surface area contributed by atoms with Gasteiger partial charge in [-0.25, -0.2) is 0 Å². The number of Topliss-reactive ketones (excluding diaryl/α,β-unsaturated/α-hetero) is 1. The first-order valence-electron chi connectivity index (χ1n) is 5.71. The van der Waals surface area contributed by atoms with Crippen LogP contribution in [0.2, 0.25) is 5.02 Å². The maximum Gasteiger partial charge on any atom is 0.141 e. The molecule has 16 heavy (non-hydrogen) atoms. The summed E-state index contributed by atoms with van der Waals surface area (Å²) in [6.07, 6.45) is 2.18. The number of ketones is 1. The Morgan fingerprint density at radius 2 is 2.00 bits per heavy atom. The third-order valence-corrected chi connectivity index (χ3v) is 3.54. The minimum Gasteiger partial charge on any atom is -0.299 e. The molecule has 0 aliphatic heterocycles. The van der Waals surface area contributed by atoms with E-state index in [2.05, 4.69) is 5.10 Å². The second-order valence-corrected chi connectivity index (χ2v) is 4.50. The van der Waals surface area contributed by atoms with Gasteiger partial charge in [-0.3, -0.25) is 9.48 Å². The second kappa shape index (κ2) is 5.48. The Bertz CT molecular complexity index is 381. The number of aryl methyl sites for hydroxylation is 2. The monoisotopic (exact) mass is 242 g/mol. The first-order chi connectivity index (χ1) is 7.51. The van der Waals surface area contributed by atoms with E-state index in [9.17, 15) is 4.79 Å². The molecule has 3 nitrogen and oxygen atoms in total. The summed E-state index contributed by atoms with van der Waals surface area (Å²) in [6, 6.07) is 0. The van der Waals surface area contributed by atoms with Gasteiger partial charge in [-0.2, -0.15) is 5.10 Å². The molecule has 0 saturated heterocycles. The first-order valence-corrected chi connectivity index (χ1v) is 6.09. The van der Waals surface area contributed by atoms with E-state index in [1.165, 1.54) is 0 Å². The van der Waals surface area contributed by atoms with E-state index in [4.69, 9.17) is 11.6 Å². The van der Waals surface area contributed by atoms with Gasteiger partial charge in [-0.15, -0.1) is 0 Å². The summed E-state index contributed by atoms with van der Waals surface area (Å²) in [5.41, 5.74) is 1.62. The molecule has 1 rings (SSSR count). The quantitative estimate of drug-likeness (QED) is 0.796. The Kier molecular flexibility index (Phi) is 4.54. The molecule has 4 heteroatoms. The van der Waals surface area contributed by atoms with Crippen molar-refractivity contribution in [2.75, 3.05) is 0 Å². The predicted molar refractivity (Wildman–Crippen MR) is 65.7 cm³/mol. The minimum absolute atomic E-state index is 0.145. The molecule has 1 aromatic rings. The Hall–Kier alpha value is -0.830. The van der Waals surface area contributed by atoms with Crippen LogP contribution in [0.25, 0.3) is 0 Å². The van der Waals surface area contributed by atoms with E-state index in [1.54, 1.807) is 4.68 Å². The van der Waals surface area contributed by atoms with Crippen molar-refractivity contribution in [3.8, 4) is 0 Å². The fourth-order valence-corrected chi connectivity index (χ4v) is 2.15. The van der Waals surface area contributed by atoms with Crippen LogP contribution in [0.15, 0.2) is 0 Å². The molecule has 1 aromatic heterocycles.